The van der Waals surface area contributed by atoms with Crippen LogP contribution < -0.4 is 5.32 Å². The molecule has 2 atom stereocenters. The zero-order valence-electron chi connectivity index (χ0n) is 15.1. The van der Waals surface area contributed by atoms with Gasteiger partial charge in [0.1, 0.15) is 0 Å². The van der Waals surface area contributed by atoms with E-state index in [-0.39, 0.29) is 18.1 Å². The molecule has 1 saturated heterocycles. The summed E-state index contributed by atoms with van der Waals surface area (Å²) in [5.41, 5.74) is 4.16. The van der Waals surface area contributed by atoms with Crippen LogP contribution in [-0.2, 0) is 9.53 Å². The molecule has 0 saturated carbocycles. The maximum absolute atomic E-state index is 13.0. The fourth-order valence-electron chi connectivity index (χ4n) is 3.88. The predicted octanol–water partition coefficient (Wildman–Crippen LogP) is 3.49. The second-order valence-corrected chi connectivity index (χ2v) is 6.87. The number of nitrogens with zero attached hydrogens (tertiary/aromatic N) is 3. The van der Waals surface area contributed by atoms with Crippen LogP contribution in [0.3, 0.4) is 0 Å². The van der Waals surface area contributed by atoms with Crippen LogP contribution in [-0.4, -0.2) is 33.1 Å². The van der Waals surface area contributed by atoms with Crippen LogP contribution in [0.2, 0.25) is 0 Å². The third kappa shape index (κ3) is 2.97. The first-order valence-corrected chi connectivity index (χ1v) is 9.28. The molecule has 1 fully saturated rings. The minimum Gasteiger partial charge on any atom is -0.365 e. The van der Waals surface area contributed by atoms with Crippen LogP contribution in [0.4, 0.5) is 5.69 Å². The van der Waals surface area contributed by atoms with Crippen LogP contribution in [0.5, 0.6) is 0 Å². The zero-order valence-corrected chi connectivity index (χ0v) is 15.1. The van der Waals surface area contributed by atoms with Gasteiger partial charge in [0, 0.05) is 18.0 Å². The van der Waals surface area contributed by atoms with Crippen molar-refractivity contribution in [3.63, 3.8) is 0 Å². The Hall–Kier alpha value is -3.38. The SMILES string of the molecule is O=C(Nc1cnc(-c2ccccc2)nc1)C1=C(c2ccncc2)C2CCC1O2. The van der Waals surface area contributed by atoms with E-state index < -0.39 is 0 Å². The average Bonchev–Trinajstić information content (AvgIpc) is 3.37. The molecule has 28 heavy (non-hydrogen) atoms. The van der Waals surface area contributed by atoms with Crippen molar-refractivity contribution in [2.75, 3.05) is 5.32 Å². The Morgan fingerprint density at radius 2 is 1.64 bits per heavy atom. The molecular weight excluding hydrogens is 352 g/mol. The van der Waals surface area contributed by atoms with Gasteiger partial charge in [0.25, 0.3) is 5.91 Å². The number of aromatic nitrogens is 3. The number of hydrogen-bond donors (Lipinski definition) is 1. The smallest absolute Gasteiger partial charge is 0.254 e. The first kappa shape index (κ1) is 16.8. The number of anilines is 1. The fourth-order valence-corrected chi connectivity index (χ4v) is 3.88. The summed E-state index contributed by atoms with van der Waals surface area (Å²) >= 11 is 0. The molecule has 1 N–H and O–H groups in total. The van der Waals surface area contributed by atoms with Crippen molar-refractivity contribution in [3.05, 3.63) is 78.4 Å². The molecule has 3 aromatic rings. The second kappa shape index (κ2) is 6.98. The summed E-state index contributed by atoms with van der Waals surface area (Å²) in [5, 5.41) is 2.93. The van der Waals surface area contributed by atoms with Gasteiger partial charge in [0.15, 0.2) is 5.82 Å². The first-order chi connectivity index (χ1) is 13.8. The number of pyridine rings is 1. The van der Waals surface area contributed by atoms with Crippen LogP contribution in [0.1, 0.15) is 18.4 Å². The van der Waals surface area contributed by atoms with E-state index in [1.54, 1.807) is 24.8 Å². The Morgan fingerprint density at radius 1 is 0.929 bits per heavy atom. The Kier molecular flexibility index (Phi) is 4.18. The second-order valence-electron chi connectivity index (χ2n) is 6.87. The number of carbonyl (C=O) groups is 1. The Morgan fingerprint density at radius 3 is 2.39 bits per heavy atom. The van der Waals surface area contributed by atoms with Gasteiger partial charge in [-0.3, -0.25) is 9.78 Å². The largest absolute Gasteiger partial charge is 0.365 e. The lowest BCUT2D eigenvalue weighted by Gasteiger charge is -2.16. The van der Waals surface area contributed by atoms with Crippen molar-refractivity contribution in [1.29, 1.82) is 0 Å². The Labute approximate surface area is 162 Å². The summed E-state index contributed by atoms with van der Waals surface area (Å²) in [5.74, 6) is 0.466. The number of carbonyl (C=O) groups excluding carboxylic acids is 1. The summed E-state index contributed by atoms with van der Waals surface area (Å²) in [7, 11) is 0. The molecule has 5 rings (SSSR count). The molecule has 6 nitrogen and oxygen atoms in total. The standard InChI is InChI=1S/C22H18N4O2/c27-22(26-16-12-24-21(25-13-16)15-4-2-1-3-5-15)20-18-7-6-17(28-18)19(20)14-8-10-23-11-9-14/h1-5,8-13,17-18H,6-7H2,(H,26,27). The molecule has 0 radical (unpaired) electrons. The normalized spacial score (nSPS) is 20.4. The summed E-state index contributed by atoms with van der Waals surface area (Å²) in [6.45, 7) is 0. The number of rotatable bonds is 4. The van der Waals surface area contributed by atoms with E-state index in [4.69, 9.17) is 4.74 Å². The number of ether oxygens (including phenoxy) is 1. The molecule has 1 aromatic carbocycles. The molecule has 2 aliphatic rings. The van der Waals surface area contributed by atoms with E-state index in [9.17, 15) is 4.79 Å². The van der Waals surface area contributed by atoms with Crippen molar-refractivity contribution in [2.45, 2.75) is 25.0 Å². The molecule has 2 aliphatic heterocycles. The monoisotopic (exact) mass is 370 g/mol. The molecule has 6 heteroatoms. The molecule has 2 aromatic heterocycles. The van der Waals surface area contributed by atoms with Crippen molar-refractivity contribution in [1.82, 2.24) is 15.0 Å². The molecule has 0 spiro atoms. The minimum atomic E-state index is -0.157. The summed E-state index contributed by atoms with van der Waals surface area (Å²) in [6, 6.07) is 13.6. The van der Waals surface area contributed by atoms with Gasteiger partial charge in [-0.05, 0) is 36.1 Å². The lowest BCUT2D eigenvalue weighted by Crippen LogP contribution is -2.23. The molecule has 4 heterocycles. The highest BCUT2D eigenvalue weighted by Crippen LogP contribution is 2.44. The van der Waals surface area contributed by atoms with Crippen molar-refractivity contribution in [3.8, 4) is 11.4 Å². The zero-order chi connectivity index (χ0) is 18.9. The fraction of sp³-hybridized carbons (Fsp3) is 0.182. The number of nitrogens with one attached hydrogen (secondary N) is 1. The van der Waals surface area contributed by atoms with Gasteiger partial charge >= 0.3 is 0 Å². The van der Waals surface area contributed by atoms with Crippen molar-refractivity contribution in [2.24, 2.45) is 0 Å². The van der Waals surface area contributed by atoms with Gasteiger partial charge in [0.2, 0.25) is 0 Å². The topological polar surface area (TPSA) is 77.0 Å². The third-order valence-electron chi connectivity index (χ3n) is 5.13. The Balaban J connectivity index is 1.41. The highest BCUT2D eigenvalue weighted by atomic mass is 16.5. The van der Waals surface area contributed by atoms with E-state index in [1.807, 2.05) is 42.5 Å². The molecule has 0 aliphatic carbocycles. The Bertz CT molecular complexity index is 1030. The van der Waals surface area contributed by atoms with E-state index in [0.717, 1.165) is 29.5 Å². The average molecular weight is 370 g/mol. The van der Waals surface area contributed by atoms with Crippen LogP contribution in [0.25, 0.3) is 17.0 Å². The minimum absolute atomic E-state index is 0.0233. The van der Waals surface area contributed by atoms with Gasteiger partial charge in [-0.2, -0.15) is 0 Å². The highest BCUT2D eigenvalue weighted by molar-refractivity contribution is 6.11. The van der Waals surface area contributed by atoms with E-state index in [1.165, 1.54) is 0 Å². The van der Waals surface area contributed by atoms with E-state index >= 15 is 0 Å². The quantitative estimate of drug-likeness (QED) is 0.761. The maximum Gasteiger partial charge on any atom is 0.254 e. The number of fused-ring (bicyclic) bond motifs is 2. The first-order valence-electron chi connectivity index (χ1n) is 9.28. The maximum atomic E-state index is 13.0. The highest BCUT2D eigenvalue weighted by Gasteiger charge is 2.43. The lowest BCUT2D eigenvalue weighted by molar-refractivity contribution is -0.113. The van der Waals surface area contributed by atoms with E-state index in [2.05, 4.69) is 20.3 Å². The van der Waals surface area contributed by atoms with Gasteiger partial charge in [-0.25, -0.2) is 9.97 Å². The molecular formula is C22H18N4O2. The predicted molar refractivity (Wildman–Crippen MR) is 105 cm³/mol. The van der Waals surface area contributed by atoms with Gasteiger partial charge < -0.3 is 10.1 Å². The van der Waals surface area contributed by atoms with Crippen molar-refractivity contribution < 1.29 is 9.53 Å². The van der Waals surface area contributed by atoms with Crippen LogP contribution in [0.15, 0.2) is 72.8 Å². The molecule has 2 unspecified atom stereocenters. The van der Waals surface area contributed by atoms with Gasteiger partial charge in [-0.15, -0.1) is 0 Å². The molecule has 2 bridgehead atoms. The van der Waals surface area contributed by atoms with Crippen LogP contribution in [0, 0.1) is 0 Å². The lowest BCUT2D eigenvalue weighted by atomic mass is 9.87. The van der Waals surface area contributed by atoms with Gasteiger partial charge in [0.05, 0.1) is 35.9 Å². The van der Waals surface area contributed by atoms with Gasteiger partial charge in [-0.1, -0.05) is 30.3 Å². The summed E-state index contributed by atoms with van der Waals surface area (Å²) in [4.78, 5) is 25.8. The van der Waals surface area contributed by atoms with E-state index in [0.29, 0.717) is 17.1 Å². The molecule has 138 valence electrons. The number of amides is 1. The summed E-state index contributed by atoms with van der Waals surface area (Å²) < 4.78 is 6.00. The van der Waals surface area contributed by atoms with Crippen LogP contribution >= 0.6 is 0 Å². The summed E-state index contributed by atoms with van der Waals surface area (Å²) in [6.07, 6.45) is 8.36. The third-order valence-corrected chi connectivity index (χ3v) is 5.13. The number of benzene rings is 1. The molecule has 1 amide bonds. The van der Waals surface area contributed by atoms with Crippen molar-refractivity contribution >= 4 is 17.2 Å². The number of hydrogen-bond acceptors (Lipinski definition) is 5.